The number of nitrogens with zero attached hydrogens (tertiary/aromatic N) is 1. The van der Waals surface area contributed by atoms with Gasteiger partial charge in [0.2, 0.25) is 0 Å². The third-order valence-corrected chi connectivity index (χ3v) is 3.03. The van der Waals surface area contributed by atoms with Gasteiger partial charge in [-0.1, -0.05) is 0 Å². The van der Waals surface area contributed by atoms with Crippen LogP contribution in [0.2, 0.25) is 0 Å². The van der Waals surface area contributed by atoms with Crippen LogP contribution in [0.25, 0.3) is 10.9 Å². The Balaban J connectivity index is 2.58. The van der Waals surface area contributed by atoms with E-state index in [0.717, 1.165) is 23.8 Å². The van der Waals surface area contributed by atoms with Crippen molar-refractivity contribution in [3.8, 4) is 0 Å². The van der Waals surface area contributed by atoms with Crippen molar-refractivity contribution in [2.45, 2.75) is 26.1 Å². The highest BCUT2D eigenvalue weighted by Crippen LogP contribution is 2.32. The first-order valence-electron chi connectivity index (χ1n) is 5.86. The van der Waals surface area contributed by atoms with Crippen LogP contribution in [0, 0.1) is 0 Å². The van der Waals surface area contributed by atoms with Crippen LogP contribution in [0.1, 0.15) is 18.2 Å². The summed E-state index contributed by atoms with van der Waals surface area (Å²) < 4.78 is 39.9. The van der Waals surface area contributed by atoms with Crippen molar-refractivity contribution in [3.63, 3.8) is 0 Å². The number of rotatable bonds is 3. The van der Waals surface area contributed by atoms with E-state index < -0.39 is 11.7 Å². The maximum absolute atomic E-state index is 12.6. The second-order valence-electron chi connectivity index (χ2n) is 4.19. The van der Waals surface area contributed by atoms with Crippen molar-refractivity contribution in [2.24, 2.45) is 5.73 Å². The zero-order chi connectivity index (χ0) is 13.3. The molecule has 2 rings (SSSR count). The highest BCUT2D eigenvalue weighted by atomic mass is 19.4. The van der Waals surface area contributed by atoms with Gasteiger partial charge in [-0.2, -0.15) is 13.2 Å². The van der Waals surface area contributed by atoms with Gasteiger partial charge in [0, 0.05) is 23.1 Å². The third kappa shape index (κ3) is 2.22. The minimum atomic E-state index is -4.30. The average Bonchev–Trinajstić information content (AvgIpc) is 2.64. The Kier molecular flexibility index (Phi) is 3.34. The van der Waals surface area contributed by atoms with Crippen molar-refractivity contribution in [1.29, 1.82) is 0 Å². The molecule has 2 N–H and O–H groups in total. The topological polar surface area (TPSA) is 30.9 Å². The third-order valence-electron chi connectivity index (χ3n) is 3.03. The molecule has 0 atom stereocenters. The first-order valence-corrected chi connectivity index (χ1v) is 5.86. The number of halogens is 3. The Labute approximate surface area is 103 Å². The fourth-order valence-electron chi connectivity index (χ4n) is 2.23. The lowest BCUT2D eigenvalue weighted by Crippen LogP contribution is -2.08. The normalized spacial score (nSPS) is 12.3. The summed E-state index contributed by atoms with van der Waals surface area (Å²) in [4.78, 5) is 0. The van der Waals surface area contributed by atoms with E-state index in [4.69, 9.17) is 5.73 Å². The van der Waals surface area contributed by atoms with E-state index in [1.54, 1.807) is 6.07 Å². The van der Waals surface area contributed by atoms with Crippen LogP contribution < -0.4 is 5.73 Å². The van der Waals surface area contributed by atoms with Gasteiger partial charge in [-0.15, -0.1) is 0 Å². The monoisotopic (exact) mass is 256 g/mol. The maximum atomic E-state index is 12.6. The summed E-state index contributed by atoms with van der Waals surface area (Å²) in [6.45, 7) is 3.18. The molecule has 0 saturated carbocycles. The van der Waals surface area contributed by atoms with Gasteiger partial charge >= 0.3 is 6.18 Å². The molecule has 0 aliphatic carbocycles. The Morgan fingerprint density at radius 2 is 1.94 bits per heavy atom. The Morgan fingerprint density at radius 3 is 2.50 bits per heavy atom. The van der Waals surface area contributed by atoms with Crippen LogP contribution in [0.15, 0.2) is 24.3 Å². The summed E-state index contributed by atoms with van der Waals surface area (Å²) in [6.07, 6.45) is -3.62. The quantitative estimate of drug-likeness (QED) is 0.898. The van der Waals surface area contributed by atoms with Gasteiger partial charge in [0.25, 0.3) is 0 Å². The SMILES string of the molecule is CCn1c(CCN)cc2cc(C(F)(F)F)ccc21. The molecule has 0 unspecified atom stereocenters. The highest BCUT2D eigenvalue weighted by molar-refractivity contribution is 5.82. The van der Waals surface area contributed by atoms with E-state index in [1.807, 2.05) is 11.5 Å². The van der Waals surface area contributed by atoms with Crippen LogP contribution in [-0.2, 0) is 19.1 Å². The molecular weight excluding hydrogens is 241 g/mol. The minimum absolute atomic E-state index is 0.489. The maximum Gasteiger partial charge on any atom is 0.416 e. The van der Waals surface area contributed by atoms with E-state index in [2.05, 4.69) is 0 Å². The molecule has 98 valence electrons. The van der Waals surface area contributed by atoms with Crippen molar-refractivity contribution in [1.82, 2.24) is 4.57 Å². The molecule has 0 fully saturated rings. The zero-order valence-corrected chi connectivity index (χ0v) is 10.1. The summed E-state index contributed by atoms with van der Waals surface area (Å²) >= 11 is 0. The number of hydrogen-bond acceptors (Lipinski definition) is 1. The number of nitrogens with two attached hydrogens (primary N) is 1. The van der Waals surface area contributed by atoms with Gasteiger partial charge in [-0.05, 0) is 44.2 Å². The van der Waals surface area contributed by atoms with Crippen molar-refractivity contribution in [2.75, 3.05) is 6.54 Å². The Bertz CT molecular complexity index is 555. The van der Waals surface area contributed by atoms with Gasteiger partial charge in [0.15, 0.2) is 0 Å². The highest BCUT2D eigenvalue weighted by Gasteiger charge is 2.30. The van der Waals surface area contributed by atoms with E-state index >= 15 is 0 Å². The number of fused-ring (bicyclic) bond motifs is 1. The number of alkyl halides is 3. The molecule has 18 heavy (non-hydrogen) atoms. The average molecular weight is 256 g/mol. The molecule has 5 heteroatoms. The van der Waals surface area contributed by atoms with Gasteiger partial charge < -0.3 is 10.3 Å². The molecule has 1 aromatic heterocycles. The summed E-state index contributed by atoms with van der Waals surface area (Å²) in [6, 6.07) is 5.64. The predicted molar refractivity (Wildman–Crippen MR) is 65.4 cm³/mol. The molecule has 0 bridgehead atoms. The molecule has 0 aliphatic heterocycles. The van der Waals surface area contributed by atoms with Crippen LogP contribution in [-0.4, -0.2) is 11.1 Å². The zero-order valence-electron chi connectivity index (χ0n) is 10.1. The number of aryl methyl sites for hydroxylation is 1. The fourth-order valence-corrected chi connectivity index (χ4v) is 2.23. The number of hydrogen-bond donors (Lipinski definition) is 1. The van der Waals surface area contributed by atoms with Crippen molar-refractivity contribution < 1.29 is 13.2 Å². The largest absolute Gasteiger partial charge is 0.416 e. The molecule has 0 saturated heterocycles. The van der Waals surface area contributed by atoms with Crippen LogP contribution >= 0.6 is 0 Å². The van der Waals surface area contributed by atoms with E-state index in [0.29, 0.717) is 18.4 Å². The molecule has 0 spiro atoms. The Morgan fingerprint density at radius 1 is 1.22 bits per heavy atom. The predicted octanol–water partition coefficient (Wildman–Crippen LogP) is 3.18. The van der Waals surface area contributed by atoms with Crippen molar-refractivity contribution >= 4 is 10.9 Å². The number of benzene rings is 1. The van der Waals surface area contributed by atoms with Crippen LogP contribution in [0.5, 0.6) is 0 Å². The standard InChI is InChI=1S/C13H15F3N2/c1-2-18-11(5-6-17)8-9-7-10(13(14,15)16)3-4-12(9)18/h3-4,7-8H,2,5-6,17H2,1H3. The molecule has 1 aromatic carbocycles. The first-order chi connectivity index (χ1) is 8.47. The lowest BCUT2D eigenvalue weighted by Gasteiger charge is -2.08. The second-order valence-corrected chi connectivity index (χ2v) is 4.19. The summed E-state index contributed by atoms with van der Waals surface area (Å²) in [5.41, 5.74) is 6.71. The lowest BCUT2D eigenvalue weighted by atomic mass is 10.1. The van der Waals surface area contributed by atoms with Gasteiger partial charge in [0.1, 0.15) is 0 Å². The van der Waals surface area contributed by atoms with E-state index in [9.17, 15) is 13.2 Å². The molecule has 0 radical (unpaired) electrons. The summed E-state index contributed by atoms with van der Waals surface area (Å²) in [5.74, 6) is 0. The molecule has 0 amide bonds. The molecular formula is C13H15F3N2. The van der Waals surface area contributed by atoms with Gasteiger partial charge in [0.05, 0.1) is 5.56 Å². The van der Waals surface area contributed by atoms with Gasteiger partial charge in [-0.3, -0.25) is 0 Å². The van der Waals surface area contributed by atoms with E-state index in [-0.39, 0.29) is 0 Å². The van der Waals surface area contributed by atoms with Gasteiger partial charge in [-0.25, -0.2) is 0 Å². The second kappa shape index (κ2) is 4.65. The Hall–Kier alpha value is -1.49. The smallest absolute Gasteiger partial charge is 0.345 e. The van der Waals surface area contributed by atoms with Crippen LogP contribution in [0.3, 0.4) is 0 Å². The fraction of sp³-hybridized carbons (Fsp3) is 0.385. The van der Waals surface area contributed by atoms with E-state index in [1.165, 1.54) is 12.1 Å². The molecule has 0 aliphatic rings. The minimum Gasteiger partial charge on any atom is -0.345 e. The molecule has 2 nitrogen and oxygen atoms in total. The molecule has 2 aromatic rings. The summed E-state index contributed by atoms with van der Waals surface area (Å²) in [7, 11) is 0. The summed E-state index contributed by atoms with van der Waals surface area (Å²) in [5, 5.41) is 0.620. The number of aromatic nitrogens is 1. The molecule has 1 heterocycles. The lowest BCUT2D eigenvalue weighted by molar-refractivity contribution is -0.137. The first kappa shape index (κ1) is 13.0. The van der Waals surface area contributed by atoms with Crippen LogP contribution in [0.4, 0.5) is 13.2 Å². The van der Waals surface area contributed by atoms with Crippen molar-refractivity contribution in [3.05, 3.63) is 35.5 Å².